The van der Waals surface area contributed by atoms with Crippen LogP contribution in [0.4, 0.5) is 4.39 Å². The van der Waals surface area contributed by atoms with Gasteiger partial charge in [-0.25, -0.2) is 9.18 Å². The van der Waals surface area contributed by atoms with E-state index in [1.165, 1.54) is 23.3 Å². The smallest absolute Gasteiger partial charge is 0.330 e. The minimum atomic E-state index is -0.688. The van der Waals surface area contributed by atoms with Crippen molar-refractivity contribution in [1.29, 1.82) is 0 Å². The molecule has 1 aliphatic carbocycles. The molecule has 0 bridgehead atoms. The van der Waals surface area contributed by atoms with E-state index in [0.717, 1.165) is 53.4 Å². The molecule has 10 heteroatoms. The predicted octanol–water partition coefficient (Wildman–Crippen LogP) is 6.19. The Morgan fingerprint density at radius 1 is 0.935 bits per heavy atom. The van der Waals surface area contributed by atoms with Gasteiger partial charge in [0.25, 0.3) is 5.91 Å². The molecule has 0 spiro atoms. The molecule has 0 radical (unpaired) electrons. The van der Waals surface area contributed by atoms with Gasteiger partial charge >= 0.3 is 5.76 Å². The van der Waals surface area contributed by atoms with Crippen molar-refractivity contribution in [1.82, 2.24) is 29.8 Å². The van der Waals surface area contributed by atoms with E-state index < -0.39 is 5.76 Å². The first-order valence-electron chi connectivity index (χ1n) is 15.8. The molecule has 9 nitrogen and oxygen atoms in total. The van der Waals surface area contributed by atoms with Gasteiger partial charge in [0.2, 0.25) is 0 Å². The lowest BCUT2D eigenvalue weighted by atomic mass is 9.89. The van der Waals surface area contributed by atoms with Crippen molar-refractivity contribution >= 4 is 16.8 Å². The lowest BCUT2D eigenvalue weighted by Crippen LogP contribution is -2.23. The van der Waals surface area contributed by atoms with E-state index in [-0.39, 0.29) is 29.6 Å². The Morgan fingerprint density at radius 2 is 1.80 bits per heavy atom. The molecule has 1 unspecified atom stereocenters. The van der Waals surface area contributed by atoms with Crippen LogP contribution in [0.25, 0.3) is 33.4 Å². The Bertz CT molecular complexity index is 2230. The van der Waals surface area contributed by atoms with Crippen LogP contribution in [0.2, 0.25) is 0 Å². The zero-order chi connectivity index (χ0) is 30.9. The maximum absolute atomic E-state index is 14.1. The van der Waals surface area contributed by atoms with E-state index in [0.29, 0.717) is 41.8 Å². The molecule has 1 fully saturated rings. The van der Waals surface area contributed by atoms with Crippen LogP contribution in [0.15, 0.2) is 82.2 Å². The number of rotatable bonds is 6. The average molecular weight is 613 g/mol. The number of hydrogen-bond acceptors (Lipinski definition) is 6. The number of aromatic amines is 1. The first-order valence-corrected chi connectivity index (χ1v) is 15.8. The van der Waals surface area contributed by atoms with Crippen LogP contribution >= 0.6 is 0 Å². The Morgan fingerprint density at radius 3 is 2.65 bits per heavy atom. The summed E-state index contributed by atoms with van der Waals surface area (Å²) in [6.07, 6.45) is 6.93. The molecule has 9 rings (SSSR count). The number of amides is 1. The molecule has 2 atom stereocenters. The number of nitrogens with zero attached hydrogens (tertiary/aromatic N) is 5. The standard InChI is InChI=1S/C36H29FN6O3/c37-24-12-7-20(8-13-24)9-14-27-31(34-39-36(45)46-41-34)30(32-33(38-27)29-6-3-17-42(29)35(32)44)22-10-15-26-23(18-22)19-43(40-26)28-16-11-21-4-1-2-5-25(21)28/h1-2,4-5,7-8,10,12-13,15,18-19,28-29H,3,6,9,11,14,16-17H2,(H,39,41,45)/t28?,29-/m0/s1. The second-order valence-electron chi connectivity index (χ2n) is 12.4. The normalized spacial score (nSPS) is 18.4. The molecule has 3 aromatic heterocycles. The van der Waals surface area contributed by atoms with Crippen LogP contribution in [-0.2, 0) is 19.3 Å². The van der Waals surface area contributed by atoms with Crippen molar-refractivity contribution < 1.29 is 13.7 Å². The van der Waals surface area contributed by atoms with Crippen molar-refractivity contribution in [3.8, 4) is 22.5 Å². The van der Waals surface area contributed by atoms with Gasteiger partial charge in [0.15, 0.2) is 5.82 Å². The van der Waals surface area contributed by atoms with Gasteiger partial charge in [0.05, 0.1) is 40.1 Å². The van der Waals surface area contributed by atoms with Gasteiger partial charge < -0.3 is 4.90 Å². The highest BCUT2D eigenvalue weighted by atomic mass is 19.1. The van der Waals surface area contributed by atoms with Crippen LogP contribution < -0.4 is 5.76 Å². The van der Waals surface area contributed by atoms with Crippen molar-refractivity contribution in [2.24, 2.45) is 0 Å². The first-order chi connectivity index (χ1) is 22.5. The number of benzene rings is 3. The van der Waals surface area contributed by atoms with Crippen molar-refractivity contribution in [3.63, 3.8) is 0 Å². The molecule has 3 aliphatic rings. The number of hydrogen-bond donors (Lipinski definition) is 1. The molecule has 1 N–H and O–H groups in total. The van der Waals surface area contributed by atoms with Gasteiger partial charge in [0, 0.05) is 23.7 Å². The molecular formula is C36H29FN6O3. The molecule has 2 aliphatic heterocycles. The second-order valence-corrected chi connectivity index (χ2v) is 12.4. The second kappa shape index (κ2) is 10.3. The number of aromatic nitrogens is 5. The Kier molecular flexibility index (Phi) is 6.06. The zero-order valence-corrected chi connectivity index (χ0v) is 24.9. The maximum atomic E-state index is 14.1. The quantitative estimate of drug-likeness (QED) is 0.240. The lowest BCUT2D eigenvalue weighted by Gasteiger charge is -2.17. The van der Waals surface area contributed by atoms with Crippen LogP contribution in [-0.4, -0.2) is 42.3 Å². The third-order valence-electron chi connectivity index (χ3n) is 9.82. The predicted molar refractivity (Wildman–Crippen MR) is 169 cm³/mol. The fourth-order valence-corrected chi connectivity index (χ4v) is 7.70. The molecule has 6 aromatic rings. The van der Waals surface area contributed by atoms with Crippen LogP contribution in [0.3, 0.4) is 0 Å². The van der Waals surface area contributed by atoms with Crippen LogP contribution in [0.5, 0.6) is 0 Å². The van der Waals surface area contributed by atoms with E-state index in [1.807, 2.05) is 17.0 Å². The summed E-state index contributed by atoms with van der Waals surface area (Å²) in [7, 11) is 0. The Balaban J connectivity index is 1.23. The Hall–Kier alpha value is -5.38. The number of fused-ring (bicyclic) bond motifs is 5. The molecule has 1 saturated heterocycles. The van der Waals surface area contributed by atoms with E-state index in [2.05, 4.69) is 51.4 Å². The monoisotopic (exact) mass is 612 g/mol. The molecular weight excluding hydrogens is 583 g/mol. The SMILES string of the molecule is O=C1c2c(nc(CCc3ccc(F)cc3)c(-c3noc(=O)[nH]3)c2-c2ccc3nn(C4CCc5ccccc54)cc3c2)[C@@H]2CCCN12. The summed E-state index contributed by atoms with van der Waals surface area (Å²) >= 11 is 0. The summed E-state index contributed by atoms with van der Waals surface area (Å²) in [5.74, 6) is -0.817. The molecule has 228 valence electrons. The van der Waals surface area contributed by atoms with E-state index in [1.54, 1.807) is 12.1 Å². The van der Waals surface area contributed by atoms with Gasteiger partial charge in [-0.2, -0.15) is 5.10 Å². The molecule has 46 heavy (non-hydrogen) atoms. The average Bonchev–Trinajstić information content (AvgIpc) is 3.90. The van der Waals surface area contributed by atoms with Crippen LogP contribution in [0, 0.1) is 5.82 Å². The topological polar surface area (TPSA) is 110 Å². The number of pyridine rings is 1. The zero-order valence-electron chi connectivity index (χ0n) is 24.9. The van der Waals surface area contributed by atoms with Gasteiger partial charge in [-0.3, -0.25) is 24.0 Å². The number of halogens is 1. The number of H-pyrrole nitrogens is 1. The molecule has 3 aromatic carbocycles. The fraction of sp³-hybridized carbons (Fsp3) is 0.250. The summed E-state index contributed by atoms with van der Waals surface area (Å²) in [6.45, 7) is 0.676. The number of carbonyl (C=O) groups excluding carboxylic acids is 1. The van der Waals surface area contributed by atoms with Gasteiger partial charge in [-0.05, 0) is 85.0 Å². The molecule has 1 amide bonds. The largest absolute Gasteiger partial charge is 0.439 e. The van der Waals surface area contributed by atoms with E-state index >= 15 is 0 Å². The summed E-state index contributed by atoms with van der Waals surface area (Å²) in [5.41, 5.74) is 8.54. The number of aryl methyl sites for hydroxylation is 3. The number of nitrogens with one attached hydrogen (secondary N) is 1. The fourth-order valence-electron chi connectivity index (χ4n) is 7.70. The highest BCUT2D eigenvalue weighted by Crippen LogP contribution is 2.48. The van der Waals surface area contributed by atoms with Gasteiger partial charge in [-0.15, -0.1) is 0 Å². The maximum Gasteiger partial charge on any atom is 0.439 e. The minimum absolute atomic E-state index is 0.0597. The van der Waals surface area contributed by atoms with Crippen LogP contribution in [0.1, 0.15) is 69.8 Å². The molecule has 5 heterocycles. The van der Waals surface area contributed by atoms with Gasteiger partial charge in [0.1, 0.15) is 5.82 Å². The third kappa shape index (κ3) is 4.23. The summed E-state index contributed by atoms with van der Waals surface area (Å²) in [5, 5.41) is 10.00. The summed E-state index contributed by atoms with van der Waals surface area (Å²) < 4.78 is 20.7. The number of carbonyl (C=O) groups is 1. The first kappa shape index (κ1) is 27.0. The molecule has 0 saturated carbocycles. The highest BCUT2D eigenvalue weighted by molar-refractivity contribution is 6.08. The highest BCUT2D eigenvalue weighted by Gasteiger charge is 2.44. The van der Waals surface area contributed by atoms with Crippen molar-refractivity contribution in [2.45, 2.75) is 50.6 Å². The van der Waals surface area contributed by atoms with Crippen molar-refractivity contribution in [3.05, 3.63) is 123 Å². The van der Waals surface area contributed by atoms with Crippen molar-refractivity contribution in [2.75, 3.05) is 6.54 Å². The third-order valence-corrected chi connectivity index (χ3v) is 9.82. The van der Waals surface area contributed by atoms with E-state index in [9.17, 15) is 14.0 Å². The summed E-state index contributed by atoms with van der Waals surface area (Å²) in [6, 6.07) is 21.1. The van der Waals surface area contributed by atoms with Gasteiger partial charge in [-0.1, -0.05) is 47.6 Å². The Labute approximate surface area is 262 Å². The minimum Gasteiger partial charge on any atom is -0.330 e. The van der Waals surface area contributed by atoms with E-state index in [4.69, 9.17) is 14.6 Å². The lowest BCUT2D eigenvalue weighted by molar-refractivity contribution is 0.0776. The summed E-state index contributed by atoms with van der Waals surface area (Å²) in [4.78, 5) is 36.1.